The van der Waals surface area contributed by atoms with Gasteiger partial charge in [-0.3, -0.25) is 0 Å². The van der Waals surface area contributed by atoms with Crippen molar-refractivity contribution in [1.82, 2.24) is 10.0 Å². The van der Waals surface area contributed by atoms with E-state index in [4.69, 9.17) is 0 Å². The third-order valence-electron chi connectivity index (χ3n) is 3.90. The van der Waals surface area contributed by atoms with Gasteiger partial charge >= 0.3 is 0 Å². The summed E-state index contributed by atoms with van der Waals surface area (Å²) in [6.07, 6.45) is 4.66. The fraction of sp³-hybridized carbons (Fsp3) is 0.692. The van der Waals surface area contributed by atoms with Gasteiger partial charge in [-0.05, 0) is 66.6 Å². The number of hydrogen-bond acceptors (Lipinski definition) is 4. The van der Waals surface area contributed by atoms with Crippen LogP contribution in [0, 0.1) is 11.8 Å². The molecule has 0 aromatic carbocycles. The second-order valence-corrected chi connectivity index (χ2v) is 9.84. The van der Waals surface area contributed by atoms with Gasteiger partial charge in [0, 0.05) is 17.5 Å². The predicted octanol–water partition coefficient (Wildman–Crippen LogP) is 2.70. The summed E-state index contributed by atoms with van der Waals surface area (Å²) in [7, 11) is -1.55. The lowest BCUT2D eigenvalue weighted by atomic mass is 10.1. The SMILES string of the molecule is CNCc1cc(S(=O)(=O)NC(C2CC2)C2CC2)c(Br)s1. The average molecular weight is 379 g/mol. The molecule has 2 aliphatic carbocycles. The minimum absolute atomic E-state index is 0.152. The zero-order valence-electron chi connectivity index (χ0n) is 11.4. The minimum Gasteiger partial charge on any atom is -0.315 e. The summed E-state index contributed by atoms with van der Waals surface area (Å²) in [6, 6.07) is 1.92. The Morgan fingerprint density at radius 3 is 2.45 bits per heavy atom. The summed E-state index contributed by atoms with van der Waals surface area (Å²) >= 11 is 4.87. The molecule has 1 aromatic rings. The third-order valence-corrected chi connectivity index (χ3v) is 7.61. The van der Waals surface area contributed by atoms with Gasteiger partial charge in [-0.2, -0.15) is 0 Å². The minimum atomic E-state index is -3.41. The first-order valence-electron chi connectivity index (χ1n) is 6.96. The highest BCUT2D eigenvalue weighted by atomic mass is 79.9. The maximum absolute atomic E-state index is 12.6. The predicted molar refractivity (Wildman–Crippen MR) is 84.3 cm³/mol. The van der Waals surface area contributed by atoms with Gasteiger partial charge < -0.3 is 5.32 Å². The van der Waals surface area contributed by atoms with Crippen LogP contribution in [0.2, 0.25) is 0 Å². The van der Waals surface area contributed by atoms with Crippen molar-refractivity contribution in [3.8, 4) is 0 Å². The van der Waals surface area contributed by atoms with Gasteiger partial charge in [-0.1, -0.05) is 0 Å². The highest BCUT2D eigenvalue weighted by Crippen LogP contribution is 2.45. The Hall–Kier alpha value is 0.0500. The molecule has 20 heavy (non-hydrogen) atoms. The summed E-state index contributed by atoms with van der Waals surface area (Å²) in [5, 5.41) is 3.05. The van der Waals surface area contributed by atoms with Crippen LogP contribution in [0.25, 0.3) is 0 Å². The first-order valence-corrected chi connectivity index (χ1v) is 10.1. The molecule has 7 heteroatoms. The molecule has 0 saturated heterocycles. The number of rotatable bonds is 7. The van der Waals surface area contributed by atoms with Crippen molar-refractivity contribution in [1.29, 1.82) is 0 Å². The van der Waals surface area contributed by atoms with Crippen molar-refractivity contribution in [2.24, 2.45) is 11.8 Å². The largest absolute Gasteiger partial charge is 0.315 e. The average Bonchev–Trinajstić information content (AvgIpc) is 3.25. The summed E-state index contributed by atoms with van der Waals surface area (Å²) in [6.45, 7) is 0.688. The van der Waals surface area contributed by atoms with E-state index in [1.807, 2.05) is 7.05 Å². The van der Waals surface area contributed by atoms with E-state index in [-0.39, 0.29) is 6.04 Å². The van der Waals surface area contributed by atoms with Crippen LogP contribution < -0.4 is 10.0 Å². The number of nitrogens with one attached hydrogen (secondary N) is 2. The summed E-state index contributed by atoms with van der Waals surface area (Å²) < 4.78 is 28.8. The molecular weight excluding hydrogens is 360 g/mol. The molecule has 0 bridgehead atoms. The van der Waals surface area contributed by atoms with Crippen molar-refractivity contribution in [3.05, 3.63) is 14.7 Å². The smallest absolute Gasteiger partial charge is 0.242 e. The molecule has 4 nitrogen and oxygen atoms in total. The zero-order chi connectivity index (χ0) is 14.3. The number of halogens is 1. The molecule has 1 heterocycles. The van der Waals surface area contributed by atoms with E-state index in [0.29, 0.717) is 27.1 Å². The van der Waals surface area contributed by atoms with E-state index in [1.165, 1.54) is 37.0 Å². The van der Waals surface area contributed by atoms with Crippen LogP contribution in [0.1, 0.15) is 30.6 Å². The standard InChI is InChI=1S/C13H19BrN2O2S2/c1-15-7-10-6-11(13(14)19-10)20(17,18)16-12(8-2-3-8)9-4-5-9/h6,8-9,12,15-16H,2-5,7H2,1H3. The normalized spacial score (nSPS) is 19.8. The van der Waals surface area contributed by atoms with Crippen LogP contribution in [0.15, 0.2) is 14.7 Å². The van der Waals surface area contributed by atoms with Crippen LogP contribution in [-0.2, 0) is 16.6 Å². The molecule has 3 rings (SSSR count). The molecule has 2 aliphatic rings. The monoisotopic (exact) mass is 378 g/mol. The Kier molecular flexibility index (Phi) is 4.25. The van der Waals surface area contributed by atoms with Crippen molar-refractivity contribution in [2.45, 2.75) is 43.2 Å². The molecule has 0 spiro atoms. The van der Waals surface area contributed by atoms with E-state index < -0.39 is 10.0 Å². The number of thiophene rings is 1. The van der Waals surface area contributed by atoms with Crippen LogP contribution >= 0.6 is 27.3 Å². The Bertz CT molecular complexity index is 580. The molecule has 1 aromatic heterocycles. The molecule has 2 saturated carbocycles. The molecular formula is C13H19BrN2O2S2. The lowest BCUT2D eigenvalue weighted by molar-refractivity contribution is 0.471. The first-order chi connectivity index (χ1) is 9.51. The van der Waals surface area contributed by atoms with Crippen molar-refractivity contribution >= 4 is 37.3 Å². The van der Waals surface area contributed by atoms with Gasteiger partial charge in [0.25, 0.3) is 0 Å². The molecule has 0 aliphatic heterocycles. The van der Waals surface area contributed by atoms with E-state index in [9.17, 15) is 8.42 Å². The Morgan fingerprint density at radius 2 is 1.95 bits per heavy atom. The van der Waals surface area contributed by atoms with E-state index in [2.05, 4.69) is 26.0 Å². The maximum Gasteiger partial charge on any atom is 0.242 e. The Balaban J connectivity index is 1.79. The molecule has 2 N–H and O–H groups in total. The van der Waals surface area contributed by atoms with Gasteiger partial charge in [0.1, 0.15) is 4.90 Å². The highest BCUT2D eigenvalue weighted by molar-refractivity contribution is 9.11. The Labute approximate surface area is 132 Å². The quantitative estimate of drug-likeness (QED) is 0.766. The van der Waals surface area contributed by atoms with Crippen molar-refractivity contribution in [3.63, 3.8) is 0 Å². The maximum atomic E-state index is 12.6. The lowest BCUT2D eigenvalue weighted by Gasteiger charge is -2.17. The Morgan fingerprint density at radius 1 is 1.35 bits per heavy atom. The molecule has 2 fully saturated rings. The highest BCUT2D eigenvalue weighted by Gasteiger charge is 2.43. The molecule has 0 radical (unpaired) electrons. The van der Waals surface area contributed by atoms with E-state index in [1.54, 1.807) is 6.07 Å². The van der Waals surface area contributed by atoms with Crippen LogP contribution in [-0.4, -0.2) is 21.5 Å². The topological polar surface area (TPSA) is 58.2 Å². The first kappa shape index (κ1) is 15.0. The zero-order valence-corrected chi connectivity index (χ0v) is 14.6. The fourth-order valence-electron chi connectivity index (χ4n) is 2.57. The fourth-order valence-corrected chi connectivity index (χ4v) is 6.64. The summed E-state index contributed by atoms with van der Waals surface area (Å²) in [5.41, 5.74) is 0. The molecule has 0 atom stereocenters. The van der Waals surface area contributed by atoms with Crippen LogP contribution in [0.5, 0.6) is 0 Å². The molecule has 0 unspecified atom stereocenters. The molecule has 112 valence electrons. The lowest BCUT2D eigenvalue weighted by Crippen LogP contribution is -2.38. The number of hydrogen-bond donors (Lipinski definition) is 2. The summed E-state index contributed by atoms with van der Waals surface area (Å²) in [5.74, 6) is 1.12. The van der Waals surface area contributed by atoms with Gasteiger partial charge in [0.2, 0.25) is 10.0 Å². The van der Waals surface area contributed by atoms with Gasteiger partial charge in [-0.25, -0.2) is 13.1 Å². The van der Waals surface area contributed by atoms with E-state index in [0.717, 1.165) is 4.88 Å². The third kappa shape index (κ3) is 3.27. The van der Waals surface area contributed by atoms with Gasteiger partial charge in [-0.15, -0.1) is 11.3 Å². The molecule has 0 amide bonds. The van der Waals surface area contributed by atoms with Crippen LogP contribution in [0.3, 0.4) is 0 Å². The van der Waals surface area contributed by atoms with E-state index >= 15 is 0 Å². The summed E-state index contributed by atoms with van der Waals surface area (Å²) in [4.78, 5) is 1.41. The second-order valence-electron chi connectivity index (χ2n) is 5.70. The van der Waals surface area contributed by atoms with Gasteiger partial charge in [0.15, 0.2) is 0 Å². The van der Waals surface area contributed by atoms with Crippen molar-refractivity contribution in [2.75, 3.05) is 7.05 Å². The second kappa shape index (κ2) is 5.68. The number of sulfonamides is 1. The van der Waals surface area contributed by atoms with Crippen LogP contribution in [0.4, 0.5) is 0 Å². The van der Waals surface area contributed by atoms with Gasteiger partial charge in [0.05, 0.1) is 3.79 Å². The van der Waals surface area contributed by atoms with Crippen molar-refractivity contribution < 1.29 is 8.42 Å².